The standard InChI is InChI=1S/C11H8Cl2N2OS/c12-9-3-8(4-10(13)15-9)11(16)14-5-7-1-2-17-6-7/h1-4,6H,5H2,(H,14,16). The molecule has 0 radical (unpaired) electrons. The summed E-state index contributed by atoms with van der Waals surface area (Å²) in [6.07, 6.45) is 0. The van der Waals surface area contributed by atoms with Crippen molar-refractivity contribution in [3.05, 3.63) is 50.4 Å². The molecule has 1 amide bonds. The third-order valence-corrected chi connectivity index (χ3v) is 3.18. The van der Waals surface area contributed by atoms with Gasteiger partial charge in [0, 0.05) is 12.1 Å². The second-order valence-corrected chi connectivity index (χ2v) is 4.87. The number of thiophene rings is 1. The number of rotatable bonds is 3. The van der Waals surface area contributed by atoms with E-state index >= 15 is 0 Å². The van der Waals surface area contributed by atoms with E-state index in [2.05, 4.69) is 10.3 Å². The maximum absolute atomic E-state index is 11.8. The molecule has 2 aromatic rings. The van der Waals surface area contributed by atoms with Gasteiger partial charge in [0.15, 0.2) is 0 Å². The lowest BCUT2D eigenvalue weighted by Crippen LogP contribution is -2.22. The summed E-state index contributed by atoms with van der Waals surface area (Å²) in [6, 6.07) is 4.92. The minimum absolute atomic E-state index is 0.207. The third-order valence-electron chi connectivity index (χ3n) is 2.06. The summed E-state index contributed by atoms with van der Waals surface area (Å²) in [7, 11) is 0. The van der Waals surface area contributed by atoms with Crippen LogP contribution in [0.1, 0.15) is 15.9 Å². The quantitative estimate of drug-likeness (QED) is 0.879. The molecule has 0 unspecified atom stereocenters. The van der Waals surface area contributed by atoms with Crippen molar-refractivity contribution >= 4 is 40.4 Å². The van der Waals surface area contributed by atoms with Gasteiger partial charge in [0.05, 0.1) is 0 Å². The van der Waals surface area contributed by atoms with Crippen molar-refractivity contribution < 1.29 is 4.79 Å². The smallest absolute Gasteiger partial charge is 0.251 e. The topological polar surface area (TPSA) is 42.0 Å². The molecule has 0 atom stereocenters. The van der Waals surface area contributed by atoms with Crippen molar-refractivity contribution in [2.24, 2.45) is 0 Å². The van der Waals surface area contributed by atoms with Crippen molar-refractivity contribution in [3.8, 4) is 0 Å². The van der Waals surface area contributed by atoms with Crippen LogP contribution in [0.15, 0.2) is 29.0 Å². The highest BCUT2D eigenvalue weighted by Crippen LogP contribution is 2.14. The van der Waals surface area contributed by atoms with E-state index in [9.17, 15) is 4.79 Å². The van der Waals surface area contributed by atoms with Crippen LogP contribution in [-0.4, -0.2) is 10.9 Å². The Morgan fingerprint density at radius 1 is 1.35 bits per heavy atom. The van der Waals surface area contributed by atoms with E-state index < -0.39 is 0 Å². The zero-order valence-electron chi connectivity index (χ0n) is 8.61. The normalized spacial score (nSPS) is 10.2. The molecule has 0 aromatic carbocycles. The van der Waals surface area contributed by atoms with Gasteiger partial charge in [-0.2, -0.15) is 11.3 Å². The Bertz CT molecular complexity index is 508. The summed E-state index contributed by atoms with van der Waals surface area (Å²) >= 11 is 13.0. The van der Waals surface area contributed by atoms with E-state index in [1.165, 1.54) is 12.1 Å². The van der Waals surface area contributed by atoms with E-state index in [1.54, 1.807) is 11.3 Å². The largest absolute Gasteiger partial charge is 0.348 e. The summed E-state index contributed by atoms with van der Waals surface area (Å²) in [5, 5.41) is 7.13. The van der Waals surface area contributed by atoms with E-state index in [4.69, 9.17) is 23.2 Å². The van der Waals surface area contributed by atoms with Crippen molar-refractivity contribution in [1.29, 1.82) is 0 Å². The summed E-state index contributed by atoms with van der Waals surface area (Å²) in [5.74, 6) is -0.220. The van der Waals surface area contributed by atoms with Gasteiger partial charge in [0.2, 0.25) is 0 Å². The number of halogens is 2. The molecule has 0 aliphatic heterocycles. The van der Waals surface area contributed by atoms with Gasteiger partial charge in [-0.25, -0.2) is 4.98 Å². The van der Waals surface area contributed by atoms with Gasteiger partial charge >= 0.3 is 0 Å². The van der Waals surface area contributed by atoms with Gasteiger partial charge in [-0.1, -0.05) is 23.2 Å². The van der Waals surface area contributed by atoms with Crippen LogP contribution in [0.5, 0.6) is 0 Å². The van der Waals surface area contributed by atoms with Gasteiger partial charge in [-0.15, -0.1) is 0 Å². The molecular formula is C11H8Cl2N2OS. The van der Waals surface area contributed by atoms with Crippen LogP contribution in [-0.2, 0) is 6.54 Å². The van der Waals surface area contributed by atoms with E-state index in [0.29, 0.717) is 12.1 Å². The average Bonchev–Trinajstić information content (AvgIpc) is 2.77. The fourth-order valence-corrected chi connectivity index (χ4v) is 2.40. The van der Waals surface area contributed by atoms with Crippen LogP contribution in [0.25, 0.3) is 0 Å². The summed E-state index contributed by atoms with van der Waals surface area (Å²) < 4.78 is 0. The number of pyridine rings is 1. The second kappa shape index (κ2) is 5.49. The molecule has 0 saturated carbocycles. The Labute approximate surface area is 112 Å². The van der Waals surface area contributed by atoms with Gasteiger partial charge < -0.3 is 5.32 Å². The highest BCUT2D eigenvalue weighted by Gasteiger charge is 2.08. The predicted octanol–water partition coefficient (Wildman–Crippen LogP) is 3.38. The Morgan fingerprint density at radius 2 is 2.06 bits per heavy atom. The second-order valence-electron chi connectivity index (χ2n) is 3.32. The minimum atomic E-state index is -0.220. The number of nitrogens with one attached hydrogen (secondary N) is 1. The highest BCUT2D eigenvalue weighted by molar-refractivity contribution is 7.07. The van der Waals surface area contributed by atoms with Crippen molar-refractivity contribution in [2.45, 2.75) is 6.54 Å². The van der Waals surface area contributed by atoms with Crippen LogP contribution in [0.3, 0.4) is 0 Å². The molecule has 0 spiro atoms. The molecule has 2 heterocycles. The number of aromatic nitrogens is 1. The first-order chi connectivity index (χ1) is 8.15. The molecule has 0 aliphatic rings. The summed E-state index contributed by atoms with van der Waals surface area (Å²) in [4.78, 5) is 15.6. The van der Waals surface area contributed by atoms with E-state index in [0.717, 1.165) is 5.56 Å². The maximum atomic E-state index is 11.8. The molecule has 0 fully saturated rings. The minimum Gasteiger partial charge on any atom is -0.348 e. The van der Waals surface area contributed by atoms with Crippen molar-refractivity contribution in [3.63, 3.8) is 0 Å². The summed E-state index contributed by atoms with van der Waals surface area (Å²) in [6.45, 7) is 0.486. The lowest BCUT2D eigenvalue weighted by Gasteiger charge is -2.04. The van der Waals surface area contributed by atoms with Crippen LogP contribution in [0.2, 0.25) is 10.3 Å². The molecule has 2 rings (SSSR count). The first-order valence-corrected chi connectivity index (χ1v) is 6.47. The fourth-order valence-electron chi connectivity index (χ4n) is 1.27. The lowest BCUT2D eigenvalue weighted by molar-refractivity contribution is 0.0951. The number of hydrogen-bond donors (Lipinski definition) is 1. The van der Waals surface area contributed by atoms with Crippen LogP contribution in [0, 0.1) is 0 Å². The molecule has 0 aliphatic carbocycles. The zero-order chi connectivity index (χ0) is 12.3. The Balaban J connectivity index is 2.04. The molecule has 2 aromatic heterocycles. The fraction of sp³-hybridized carbons (Fsp3) is 0.0909. The SMILES string of the molecule is O=C(NCc1ccsc1)c1cc(Cl)nc(Cl)c1. The number of hydrogen-bond acceptors (Lipinski definition) is 3. The first kappa shape index (κ1) is 12.4. The van der Waals surface area contributed by atoms with Crippen LogP contribution in [0.4, 0.5) is 0 Å². The number of nitrogens with zero attached hydrogens (tertiary/aromatic N) is 1. The zero-order valence-corrected chi connectivity index (χ0v) is 10.9. The van der Waals surface area contributed by atoms with Crippen molar-refractivity contribution in [2.75, 3.05) is 0 Å². The van der Waals surface area contributed by atoms with Crippen LogP contribution < -0.4 is 5.32 Å². The lowest BCUT2D eigenvalue weighted by atomic mass is 10.2. The van der Waals surface area contributed by atoms with Gasteiger partial charge in [-0.05, 0) is 34.5 Å². The van der Waals surface area contributed by atoms with E-state index in [-0.39, 0.29) is 16.2 Å². The van der Waals surface area contributed by atoms with Gasteiger partial charge in [0.25, 0.3) is 5.91 Å². The average molecular weight is 287 g/mol. The van der Waals surface area contributed by atoms with Gasteiger partial charge in [-0.3, -0.25) is 4.79 Å². The van der Waals surface area contributed by atoms with Crippen molar-refractivity contribution in [1.82, 2.24) is 10.3 Å². The number of carbonyl (C=O) groups is 1. The molecule has 3 nitrogen and oxygen atoms in total. The summed E-state index contributed by atoms with van der Waals surface area (Å²) in [5.41, 5.74) is 1.47. The molecule has 1 N–H and O–H groups in total. The Morgan fingerprint density at radius 3 is 2.65 bits per heavy atom. The predicted molar refractivity (Wildman–Crippen MR) is 69.7 cm³/mol. The maximum Gasteiger partial charge on any atom is 0.251 e. The monoisotopic (exact) mass is 286 g/mol. The van der Waals surface area contributed by atoms with Crippen LogP contribution >= 0.6 is 34.5 Å². The van der Waals surface area contributed by atoms with Gasteiger partial charge in [0.1, 0.15) is 10.3 Å². The number of carbonyl (C=O) groups excluding carboxylic acids is 1. The molecule has 17 heavy (non-hydrogen) atoms. The third kappa shape index (κ3) is 3.43. The highest BCUT2D eigenvalue weighted by atomic mass is 35.5. The molecule has 6 heteroatoms. The number of amides is 1. The molecule has 88 valence electrons. The Kier molecular flexibility index (Phi) is 3.99. The molecule has 0 bridgehead atoms. The molecular weight excluding hydrogens is 279 g/mol. The Hall–Kier alpha value is -1.10. The first-order valence-electron chi connectivity index (χ1n) is 4.77. The van der Waals surface area contributed by atoms with E-state index in [1.807, 2.05) is 16.8 Å². The molecule has 0 saturated heterocycles.